The lowest BCUT2D eigenvalue weighted by Gasteiger charge is -2.13. The summed E-state index contributed by atoms with van der Waals surface area (Å²) in [5.41, 5.74) is 3.05. The number of hydrogen-bond acceptors (Lipinski definition) is 5. The SMILES string of the molecule is C=CCn1c(COc2cccc(C)c2)nnc1S[C@H](C)C(=O)Nc1ccc(C)cc1. The Morgan fingerprint density at radius 3 is 2.67 bits per heavy atom. The standard InChI is InChI=1S/C23H26N4O2S/c1-5-13-27-21(15-29-20-8-6-7-17(3)14-20)25-26-23(27)30-18(4)22(28)24-19-11-9-16(2)10-12-19/h5-12,14,18H,1,13,15H2,2-4H3,(H,24,28)/t18-/m1/s1. The molecular weight excluding hydrogens is 396 g/mol. The van der Waals surface area contributed by atoms with E-state index in [0.717, 1.165) is 22.6 Å². The molecule has 0 aliphatic carbocycles. The third-order valence-corrected chi connectivity index (χ3v) is 5.51. The van der Waals surface area contributed by atoms with Gasteiger partial charge in [-0.2, -0.15) is 0 Å². The summed E-state index contributed by atoms with van der Waals surface area (Å²) in [6.07, 6.45) is 1.78. The quantitative estimate of drug-likeness (QED) is 0.397. The van der Waals surface area contributed by atoms with Crippen molar-refractivity contribution in [3.63, 3.8) is 0 Å². The van der Waals surface area contributed by atoms with Crippen molar-refractivity contribution < 1.29 is 9.53 Å². The lowest BCUT2D eigenvalue weighted by atomic mass is 10.2. The monoisotopic (exact) mass is 422 g/mol. The van der Waals surface area contributed by atoms with Crippen LogP contribution in [0, 0.1) is 13.8 Å². The first-order valence-electron chi connectivity index (χ1n) is 9.73. The van der Waals surface area contributed by atoms with Gasteiger partial charge in [0.1, 0.15) is 12.4 Å². The van der Waals surface area contributed by atoms with Crippen LogP contribution < -0.4 is 10.1 Å². The van der Waals surface area contributed by atoms with Crippen LogP contribution in [0.15, 0.2) is 66.3 Å². The molecule has 3 rings (SSSR count). The molecule has 30 heavy (non-hydrogen) atoms. The number of nitrogens with zero attached hydrogens (tertiary/aromatic N) is 3. The molecule has 0 unspecified atom stereocenters. The number of aryl methyl sites for hydroxylation is 2. The summed E-state index contributed by atoms with van der Waals surface area (Å²) in [4.78, 5) is 12.6. The highest BCUT2D eigenvalue weighted by Crippen LogP contribution is 2.24. The number of amides is 1. The van der Waals surface area contributed by atoms with Crippen molar-refractivity contribution in [3.05, 3.63) is 78.1 Å². The number of nitrogens with one attached hydrogen (secondary N) is 1. The topological polar surface area (TPSA) is 69.0 Å². The summed E-state index contributed by atoms with van der Waals surface area (Å²) in [6, 6.07) is 15.6. The molecule has 0 spiro atoms. The number of carbonyl (C=O) groups is 1. The number of anilines is 1. The molecule has 0 bridgehead atoms. The largest absolute Gasteiger partial charge is 0.486 e. The predicted molar refractivity (Wildman–Crippen MR) is 121 cm³/mol. The van der Waals surface area contributed by atoms with E-state index in [1.54, 1.807) is 6.08 Å². The summed E-state index contributed by atoms with van der Waals surface area (Å²) >= 11 is 1.36. The Hall–Kier alpha value is -3.06. The molecule has 156 valence electrons. The maximum absolute atomic E-state index is 12.6. The average molecular weight is 423 g/mol. The fraction of sp³-hybridized carbons (Fsp3) is 0.261. The third-order valence-electron chi connectivity index (χ3n) is 4.43. The second kappa shape index (κ2) is 10.1. The first-order chi connectivity index (χ1) is 14.5. The zero-order valence-electron chi connectivity index (χ0n) is 17.5. The molecule has 1 amide bonds. The van der Waals surface area contributed by atoms with Gasteiger partial charge in [-0.05, 0) is 50.6 Å². The number of ether oxygens (including phenoxy) is 1. The number of rotatable bonds is 9. The van der Waals surface area contributed by atoms with Crippen molar-refractivity contribution >= 4 is 23.4 Å². The van der Waals surface area contributed by atoms with Gasteiger partial charge < -0.3 is 10.1 Å². The highest BCUT2D eigenvalue weighted by molar-refractivity contribution is 8.00. The fourth-order valence-corrected chi connectivity index (χ4v) is 3.65. The van der Waals surface area contributed by atoms with Gasteiger partial charge in [0.05, 0.1) is 5.25 Å². The van der Waals surface area contributed by atoms with Crippen LogP contribution in [0.4, 0.5) is 5.69 Å². The summed E-state index contributed by atoms with van der Waals surface area (Å²) in [5, 5.41) is 11.8. The van der Waals surface area contributed by atoms with E-state index in [2.05, 4.69) is 22.1 Å². The van der Waals surface area contributed by atoms with Crippen LogP contribution in [-0.2, 0) is 17.9 Å². The first kappa shape index (κ1) is 21.6. The van der Waals surface area contributed by atoms with Crippen LogP contribution >= 0.6 is 11.8 Å². The molecule has 6 nitrogen and oxygen atoms in total. The number of benzene rings is 2. The number of aromatic nitrogens is 3. The zero-order valence-corrected chi connectivity index (χ0v) is 18.3. The maximum atomic E-state index is 12.6. The zero-order chi connectivity index (χ0) is 21.5. The molecule has 1 N–H and O–H groups in total. The third kappa shape index (κ3) is 5.73. The van der Waals surface area contributed by atoms with E-state index in [4.69, 9.17) is 4.74 Å². The van der Waals surface area contributed by atoms with Gasteiger partial charge in [-0.1, -0.05) is 47.7 Å². The van der Waals surface area contributed by atoms with Gasteiger partial charge >= 0.3 is 0 Å². The van der Waals surface area contributed by atoms with E-state index in [1.165, 1.54) is 11.8 Å². The Morgan fingerprint density at radius 1 is 1.20 bits per heavy atom. The second-order valence-corrected chi connectivity index (χ2v) is 8.33. The molecule has 0 aliphatic heterocycles. The van der Waals surface area contributed by atoms with Crippen LogP contribution in [-0.4, -0.2) is 25.9 Å². The van der Waals surface area contributed by atoms with Crippen LogP contribution in [0.2, 0.25) is 0 Å². The van der Waals surface area contributed by atoms with Gasteiger partial charge in [-0.15, -0.1) is 16.8 Å². The Kier molecular flexibility index (Phi) is 7.30. The average Bonchev–Trinajstić information content (AvgIpc) is 3.10. The van der Waals surface area contributed by atoms with Crippen molar-refractivity contribution in [1.29, 1.82) is 0 Å². The predicted octanol–water partition coefficient (Wildman–Crippen LogP) is 4.78. The van der Waals surface area contributed by atoms with E-state index >= 15 is 0 Å². The van der Waals surface area contributed by atoms with E-state index in [-0.39, 0.29) is 17.8 Å². The van der Waals surface area contributed by atoms with Crippen LogP contribution in [0.1, 0.15) is 23.9 Å². The normalized spacial score (nSPS) is 11.7. The van der Waals surface area contributed by atoms with Crippen LogP contribution in [0.25, 0.3) is 0 Å². The minimum absolute atomic E-state index is 0.0884. The Labute approximate surface area is 181 Å². The summed E-state index contributed by atoms with van der Waals surface area (Å²) in [7, 11) is 0. The van der Waals surface area contributed by atoms with E-state index in [9.17, 15) is 4.79 Å². The van der Waals surface area contributed by atoms with Gasteiger partial charge in [-0.3, -0.25) is 9.36 Å². The van der Waals surface area contributed by atoms with Gasteiger partial charge in [-0.25, -0.2) is 0 Å². The molecule has 0 saturated heterocycles. The summed E-state index contributed by atoms with van der Waals surface area (Å²) < 4.78 is 7.79. The molecule has 1 heterocycles. The minimum Gasteiger partial charge on any atom is -0.486 e. The molecule has 0 aliphatic rings. The van der Waals surface area contributed by atoms with E-state index in [1.807, 2.05) is 73.9 Å². The molecule has 1 atom stereocenters. The van der Waals surface area contributed by atoms with E-state index in [0.29, 0.717) is 17.5 Å². The molecule has 7 heteroatoms. The van der Waals surface area contributed by atoms with Crippen LogP contribution in [0.5, 0.6) is 5.75 Å². The minimum atomic E-state index is -0.343. The molecule has 0 fully saturated rings. The van der Waals surface area contributed by atoms with Crippen molar-refractivity contribution in [2.24, 2.45) is 0 Å². The maximum Gasteiger partial charge on any atom is 0.237 e. The molecule has 0 radical (unpaired) electrons. The smallest absolute Gasteiger partial charge is 0.237 e. The number of thioether (sulfide) groups is 1. The summed E-state index contributed by atoms with van der Waals surface area (Å²) in [6.45, 7) is 10.5. The first-order valence-corrected chi connectivity index (χ1v) is 10.6. The van der Waals surface area contributed by atoms with Crippen molar-refractivity contribution in [2.45, 2.75) is 44.3 Å². The Bertz CT molecular complexity index is 1010. The lowest BCUT2D eigenvalue weighted by molar-refractivity contribution is -0.115. The number of allylic oxidation sites excluding steroid dienone is 1. The Balaban J connectivity index is 1.66. The van der Waals surface area contributed by atoms with Gasteiger partial charge in [0.25, 0.3) is 0 Å². The van der Waals surface area contributed by atoms with Crippen LogP contribution in [0.3, 0.4) is 0 Å². The highest BCUT2D eigenvalue weighted by atomic mass is 32.2. The fourth-order valence-electron chi connectivity index (χ4n) is 2.77. The number of hydrogen-bond donors (Lipinski definition) is 1. The number of carbonyl (C=O) groups excluding carboxylic acids is 1. The molecular formula is C23H26N4O2S. The van der Waals surface area contributed by atoms with Gasteiger partial charge in [0.2, 0.25) is 5.91 Å². The molecule has 3 aromatic rings. The van der Waals surface area contributed by atoms with Crippen molar-refractivity contribution in [3.8, 4) is 5.75 Å². The Morgan fingerprint density at radius 2 is 1.97 bits per heavy atom. The van der Waals surface area contributed by atoms with E-state index < -0.39 is 0 Å². The van der Waals surface area contributed by atoms with Gasteiger partial charge in [0.15, 0.2) is 11.0 Å². The highest BCUT2D eigenvalue weighted by Gasteiger charge is 2.20. The lowest BCUT2D eigenvalue weighted by Crippen LogP contribution is -2.23. The molecule has 2 aromatic carbocycles. The second-order valence-electron chi connectivity index (χ2n) is 7.02. The molecule has 1 aromatic heterocycles. The molecule has 0 saturated carbocycles. The van der Waals surface area contributed by atoms with Crippen molar-refractivity contribution in [2.75, 3.05) is 5.32 Å². The van der Waals surface area contributed by atoms with Gasteiger partial charge in [0, 0.05) is 12.2 Å². The van der Waals surface area contributed by atoms with Crippen molar-refractivity contribution in [1.82, 2.24) is 14.8 Å². The summed E-state index contributed by atoms with van der Waals surface area (Å²) in [5.74, 6) is 1.38.